The van der Waals surface area contributed by atoms with Gasteiger partial charge in [-0.1, -0.05) is 12.1 Å². The summed E-state index contributed by atoms with van der Waals surface area (Å²) in [5.74, 6) is -1.23. The molecule has 1 unspecified atom stereocenters. The van der Waals surface area contributed by atoms with Crippen LogP contribution in [0, 0.1) is 0 Å². The highest BCUT2D eigenvalue weighted by Crippen LogP contribution is 2.22. The van der Waals surface area contributed by atoms with Gasteiger partial charge in [-0.3, -0.25) is 19.6 Å². The fourth-order valence-corrected chi connectivity index (χ4v) is 4.66. The van der Waals surface area contributed by atoms with Crippen molar-refractivity contribution < 1.29 is 22.8 Å². The van der Waals surface area contributed by atoms with Crippen LogP contribution in [0.4, 0.5) is 10.5 Å². The average Bonchev–Trinajstić information content (AvgIpc) is 2.61. The minimum absolute atomic E-state index is 0.0885. The number of piperidine rings is 1. The molecule has 2 aliphatic rings. The molecular formula is C17H20N4O5S. The number of amides is 4. The van der Waals surface area contributed by atoms with Crippen LogP contribution in [0.25, 0.3) is 0 Å². The van der Waals surface area contributed by atoms with E-state index in [1.807, 2.05) is 5.32 Å². The lowest BCUT2D eigenvalue weighted by Crippen LogP contribution is -2.51. The number of aliphatic imine (C=N–C) groups is 1. The molecule has 2 aliphatic heterocycles. The van der Waals surface area contributed by atoms with E-state index >= 15 is 0 Å². The maximum absolute atomic E-state index is 12.8. The van der Waals surface area contributed by atoms with Gasteiger partial charge in [0.15, 0.2) is 5.25 Å². The van der Waals surface area contributed by atoms with Gasteiger partial charge in [0, 0.05) is 13.1 Å². The van der Waals surface area contributed by atoms with Gasteiger partial charge in [0.25, 0.3) is 11.8 Å². The number of para-hydroxylation sites is 1. The van der Waals surface area contributed by atoms with Crippen LogP contribution in [0.5, 0.6) is 0 Å². The Labute approximate surface area is 156 Å². The summed E-state index contributed by atoms with van der Waals surface area (Å²) in [4.78, 5) is 41.3. The Bertz CT molecular complexity index is 919. The first kappa shape index (κ1) is 19.0. The highest BCUT2D eigenvalue weighted by atomic mass is 32.2. The molecule has 0 spiro atoms. The number of anilines is 1. The van der Waals surface area contributed by atoms with E-state index in [9.17, 15) is 22.8 Å². The van der Waals surface area contributed by atoms with Crippen LogP contribution in [0.2, 0.25) is 0 Å². The number of hydrogen-bond donors (Lipinski definition) is 2. The molecule has 144 valence electrons. The third kappa shape index (κ3) is 4.00. The minimum atomic E-state index is -4.26. The molecule has 0 aliphatic carbocycles. The van der Waals surface area contributed by atoms with Gasteiger partial charge in [0.05, 0.1) is 17.0 Å². The predicted octanol–water partition coefficient (Wildman–Crippen LogP) is 1.13. The summed E-state index contributed by atoms with van der Waals surface area (Å²) >= 11 is 0. The van der Waals surface area contributed by atoms with Gasteiger partial charge in [-0.05, 0) is 38.3 Å². The van der Waals surface area contributed by atoms with Crippen LogP contribution in [-0.4, -0.2) is 55.2 Å². The van der Waals surface area contributed by atoms with E-state index in [2.05, 4.69) is 9.71 Å². The summed E-state index contributed by atoms with van der Waals surface area (Å²) in [5, 5.41) is 0.236. The molecular weight excluding hydrogens is 372 g/mol. The summed E-state index contributed by atoms with van der Waals surface area (Å²) < 4.78 is 27.8. The largest absolute Gasteiger partial charge is 0.347 e. The first-order chi connectivity index (χ1) is 12.8. The lowest BCUT2D eigenvalue weighted by molar-refractivity contribution is -0.118. The van der Waals surface area contributed by atoms with Crippen molar-refractivity contribution in [2.45, 2.75) is 31.4 Å². The Kier molecular flexibility index (Phi) is 5.26. The third-order valence-corrected chi connectivity index (χ3v) is 6.17. The average molecular weight is 392 g/mol. The number of hydrogen-bond acceptors (Lipinski definition) is 5. The van der Waals surface area contributed by atoms with Gasteiger partial charge in [-0.2, -0.15) is 0 Å². The number of sulfonamides is 1. The van der Waals surface area contributed by atoms with Crippen molar-refractivity contribution in [2.75, 3.05) is 17.8 Å². The van der Waals surface area contributed by atoms with Crippen LogP contribution in [-0.2, 0) is 14.8 Å². The summed E-state index contributed by atoms with van der Waals surface area (Å²) in [7, 11) is -4.26. The highest BCUT2D eigenvalue weighted by Gasteiger charge is 2.40. The second-order valence-electron chi connectivity index (χ2n) is 6.47. The molecule has 1 atom stereocenters. The normalized spacial score (nSPS) is 20.7. The van der Waals surface area contributed by atoms with E-state index in [-0.39, 0.29) is 22.9 Å². The third-order valence-electron chi connectivity index (χ3n) is 4.49. The van der Waals surface area contributed by atoms with Gasteiger partial charge < -0.3 is 4.90 Å². The van der Waals surface area contributed by atoms with Crippen LogP contribution in [0.3, 0.4) is 0 Å². The summed E-state index contributed by atoms with van der Waals surface area (Å²) in [5.41, 5.74) is 0.173. The molecule has 1 aromatic rings. The van der Waals surface area contributed by atoms with E-state index in [0.717, 1.165) is 19.3 Å². The first-order valence-corrected chi connectivity index (χ1v) is 10.1. The summed E-state index contributed by atoms with van der Waals surface area (Å²) in [6.45, 7) is 2.54. The Morgan fingerprint density at radius 1 is 1.19 bits per heavy atom. The van der Waals surface area contributed by atoms with Crippen LogP contribution in [0.15, 0.2) is 29.3 Å². The molecule has 27 heavy (non-hydrogen) atoms. The fraction of sp³-hybridized carbons (Fsp3) is 0.412. The second kappa shape index (κ2) is 7.47. The van der Waals surface area contributed by atoms with Gasteiger partial charge in [-0.25, -0.2) is 18.2 Å². The molecule has 9 nitrogen and oxygen atoms in total. The van der Waals surface area contributed by atoms with Crippen molar-refractivity contribution in [1.29, 1.82) is 0 Å². The maximum Gasteiger partial charge on any atom is 0.347 e. The monoisotopic (exact) mass is 392 g/mol. The molecule has 0 radical (unpaired) electrons. The van der Waals surface area contributed by atoms with E-state index in [4.69, 9.17) is 0 Å². The lowest BCUT2D eigenvalue weighted by Gasteiger charge is -2.28. The molecule has 4 amide bonds. The van der Waals surface area contributed by atoms with Crippen molar-refractivity contribution in [2.24, 2.45) is 4.99 Å². The number of imide groups is 1. The van der Waals surface area contributed by atoms with Gasteiger partial charge >= 0.3 is 6.03 Å². The van der Waals surface area contributed by atoms with Crippen LogP contribution < -0.4 is 10.0 Å². The Hall–Kier alpha value is -2.75. The van der Waals surface area contributed by atoms with Crippen LogP contribution >= 0.6 is 0 Å². The molecule has 2 heterocycles. The van der Waals surface area contributed by atoms with Gasteiger partial charge in [-0.15, -0.1) is 0 Å². The smallest absolute Gasteiger partial charge is 0.339 e. The zero-order valence-electron chi connectivity index (χ0n) is 14.8. The number of carbonyl (C=O) groups excluding carboxylic acids is 3. The molecule has 1 aromatic carbocycles. The molecule has 0 aromatic heterocycles. The van der Waals surface area contributed by atoms with Crippen molar-refractivity contribution in [3.8, 4) is 0 Å². The molecule has 0 bridgehead atoms. The zero-order chi connectivity index (χ0) is 19.6. The first-order valence-electron chi connectivity index (χ1n) is 8.59. The molecule has 2 N–H and O–H groups in total. The topological polar surface area (TPSA) is 125 Å². The Morgan fingerprint density at radius 3 is 2.52 bits per heavy atom. The van der Waals surface area contributed by atoms with E-state index in [1.165, 1.54) is 13.0 Å². The fourth-order valence-electron chi connectivity index (χ4n) is 3.21. The summed E-state index contributed by atoms with van der Waals surface area (Å²) in [6.07, 6.45) is 2.88. The Balaban J connectivity index is 1.89. The number of rotatable bonds is 4. The number of nitrogens with one attached hydrogen (secondary N) is 2. The highest BCUT2D eigenvalue weighted by molar-refractivity contribution is 7.94. The maximum atomic E-state index is 12.8. The van der Waals surface area contributed by atoms with Crippen molar-refractivity contribution in [3.63, 3.8) is 0 Å². The lowest BCUT2D eigenvalue weighted by atomic mass is 10.1. The number of nitrogens with zero attached hydrogens (tertiary/aromatic N) is 2. The standard InChI is InChI=1S/C17H20N4O5S/c1-11-14(15(22)19-17(24)18-11)27(25,26)20-13-8-4-3-7-12(13)16(23)21-9-5-2-6-10-21/h3-4,7-8,14,20H,2,5-6,9-10H2,1H3,(H,19,22,24). The number of carbonyl (C=O) groups is 3. The van der Waals surface area contributed by atoms with Crippen molar-refractivity contribution in [1.82, 2.24) is 10.2 Å². The number of benzene rings is 1. The minimum Gasteiger partial charge on any atom is -0.339 e. The van der Waals surface area contributed by atoms with E-state index in [0.29, 0.717) is 13.1 Å². The van der Waals surface area contributed by atoms with E-state index < -0.39 is 27.2 Å². The summed E-state index contributed by atoms with van der Waals surface area (Å²) in [6, 6.07) is 5.35. The van der Waals surface area contributed by atoms with Gasteiger partial charge in [0.2, 0.25) is 10.0 Å². The number of likely N-dealkylation sites (tertiary alicyclic amines) is 1. The second-order valence-corrected chi connectivity index (χ2v) is 8.24. The molecule has 1 saturated heterocycles. The quantitative estimate of drug-likeness (QED) is 0.795. The SMILES string of the molecule is CC1=NC(=O)NC(=O)C1S(=O)(=O)Nc1ccccc1C(=O)N1CCCCC1. The molecule has 3 rings (SSSR count). The molecule has 0 saturated carbocycles. The Morgan fingerprint density at radius 2 is 1.85 bits per heavy atom. The van der Waals surface area contributed by atoms with Crippen LogP contribution in [0.1, 0.15) is 36.5 Å². The van der Waals surface area contributed by atoms with Crippen molar-refractivity contribution in [3.05, 3.63) is 29.8 Å². The van der Waals surface area contributed by atoms with Gasteiger partial charge in [0.1, 0.15) is 0 Å². The molecule has 10 heteroatoms. The zero-order valence-corrected chi connectivity index (χ0v) is 15.6. The molecule has 1 fully saturated rings. The number of urea groups is 1. The van der Waals surface area contributed by atoms with E-state index in [1.54, 1.807) is 23.1 Å². The predicted molar refractivity (Wildman–Crippen MR) is 99.2 cm³/mol. The van der Waals surface area contributed by atoms with Crippen molar-refractivity contribution >= 4 is 39.3 Å².